The van der Waals surface area contributed by atoms with Crippen molar-refractivity contribution < 1.29 is 4.74 Å². The van der Waals surface area contributed by atoms with E-state index in [4.69, 9.17) is 4.74 Å². The van der Waals surface area contributed by atoms with Crippen LogP contribution in [0.2, 0.25) is 0 Å². The van der Waals surface area contributed by atoms with Crippen molar-refractivity contribution in [3.8, 4) is 23.0 Å². The van der Waals surface area contributed by atoms with Crippen LogP contribution in [0.15, 0.2) is 42.9 Å². The van der Waals surface area contributed by atoms with Gasteiger partial charge in [0.25, 0.3) is 0 Å². The lowest BCUT2D eigenvalue weighted by molar-refractivity contribution is 0.455. The third kappa shape index (κ3) is 2.66. The number of hydrogen-bond donors (Lipinski definition) is 1. The monoisotopic (exact) mass is 266 g/mol. The largest absolute Gasteiger partial charge is 0.438 e. The molecule has 0 aliphatic carbocycles. The van der Waals surface area contributed by atoms with Gasteiger partial charge in [0.05, 0.1) is 18.2 Å². The summed E-state index contributed by atoms with van der Waals surface area (Å²) in [4.78, 5) is 6.94. The van der Waals surface area contributed by atoms with E-state index in [0.29, 0.717) is 5.88 Å². The minimum Gasteiger partial charge on any atom is -0.438 e. The van der Waals surface area contributed by atoms with Gasteiger partial charge in [-0.2, -0.15) is 0 Å². The lowest BCUT2D eigenvalue weighted by Crippen LogP contribution is -1.93. The van der Waals surface area contributed by atoms with E-state index in [9.17, 15) is 0 Å². The molecule has 0 bridgehead atoms. The number of aromatic amines is 1. The average molecular weight is 266 g/mol. The minimum atomic E-state index is 0.471. The number of ether oxygens (including phenoxy) is 1. The van der Waals surface area contributed by atoms with Crippen LogP contribution in [0.3, 0.4) is 0 Å². The molecule has 1 aromatic carbocycles. The Bertz CT molecular complexity index is 685. The molecule has 3 rings (SSSR count). The molecule has 100 valence electrons. The molecular weight excluding hydrogens is 252 g/mol. The zero-order valence-corrected chi connectivity index (χ0v) is 11.3. The number of H-pyrrole nitrogens is 1. The number of rotatable bonds is 3. The average Bonchev–Trinajstić information content (AvgIpc) is 2.92. The van der Waals surface area contributed by atoms with Gasteiger partial charge in [0, 0.05) is 6.07 Å². The van der Waals surface area contributed by atoms with Crippen LogP contribution in [-0.4, -0.2) is 20.2 Å². The van der Waals surface area contributed by atoms with Crippen molar-refractivity contribution in [1.82, 2.24) is 20.2 Å². The molecule has 0 atom stereocenters. The van der Waals surface area contributed by atoms with Gasteiger partial charge in [0.15, 0.2) is 0 Å². The van der Waals surface area contributed by atoms with E-state index in [1.807, 2.05) is 32.0 Å². The maximum atomic E-state index is 5.71. The maximum Gasteiger partial charge on any atom is 0.238 e. The summed E-state index contributed by atoms with van der Waals surface area (Å²) >= 11 is 0. The van der Waals surface area contributed by atoms with Crippen molar-refractivity contribution in [1.29, 1.82) is 0 Å². The Labute approximate surface area is 116 Å². The zero-order valence-electron chi connectivity index (χ0n) is 11.3. The first-order chi connectivity index (χ1) is 9.70. The third-order valence-corrected chi connectivity index (χ3v) is 2.83. The molecule has 2 heterocycles. The van der Waals surface area contributed by atoms with E-state index in [-0.39, 0.29) is 0 Å². The molecule has 0 fully saturated rings. The number of benzene rings is 1. The molecule has 0 unspecified atom stereocenters. The highest BCUT2D eigenvalue weighted by Crippen LogP contribution is 2.22. The number of hydrogen-bond acceptors (Lipinski definition) is 4. The fourth-order valence-corrected chi connectivity index (χ4v) is 2.03. The van der Waals surface area contributed by atoms with Crippen molar-refractivity contribution in [2.45, 2.75) is 13.8 Å². The van der Waals surface area contributed by atoms with E-state index in [1.165, 1.54) is 0 Å². The second-order valence-corrected chi connectivity index (χ2v) is 4.65. The molecule has 0 spiro atoms. The van der Waals surface area contributed by atoms with Crippen LogP contribution >= 0.6 is 0 Å². The Morgan fingerprint density at radius 3 is 2.40 bits per heavy atom. The van der Waals surface area contributed by atoms with Gasteiger partial charge < -0.3 is 9.72 Å². The molecule has 0 aliphatic rings. The Morgan fingerprint density at radius 2 is 1.80 bits per heavy atom. The second-order valence-electron chi connectivity index (χ2n) is 4.65. The van der Waals surface area contributed by atoms with Crippen molar-refractivity contribution in [3.63, 3.8) is 0 Å². The van der Waals surface area contributed by atoms with Crippen LogP contribution in [0.1, 0.15) is 11.1 Å². The minimum absolute atomic E-state index is 0.471. The number of nitrogens with zero attached hydrogens (tertiary/aromatic N) is 3. The first-order valence-electron chi connectivity index (χ1n) is 6.29. The van der Waals surface area contributed by atoms with E-state index in [1.54, 1.807) is 18.6 Å². The van der Waals surface area contributed by atoms with Crippen LogP contribution in [0, 0.1) is 13.8 Å². The number of aromatic nitrogens is 4. The smallest absolute Gasteiger partial charge is 0.238 e. The lowest BCUT2D eigenvalue weighted by Gasteiger charge is -2.06. The van der Waals surface area contributed by atoms with Gasteiger partial charge in [-0.25, -0.2) is 4.98 Å². The Kier molecular flexibility index (Phi) is 3.16. The van der Waals surface area contributed by atoms with E-state index >= 15 is 0 Å². The first kappa shape index (κ1) is 12.3. The summed E-state index contributed by atoms with van der Waals surface area (Å²) in [6.07, 6.45) is 3.31. The molecule has 20 heavy (non-hydrogen) atoms. The quantitative estimate of drug-likeness (QED) is 0.790. The highest BCUT2D eigenvalue weighted by atomic mass is 16.5. The van der Waals surface area contributed by atoms with Gasteiger partial charge in [-0.1, -0.05) is 6.07 Å². The summed E-state index contributed by atoms with van der Waals surface area (Å²) in [5.74, 6) is 1.24. The molecule has 0 aliphatic heterocycles. The van der Waals surface area contributed by atoms with Gasteiger partial charge in [-0.15, -0.1) is 10.2 Å². The second kappa shape index (κ2) is 5.13. The zero-order chi connectivity index (χ0) is 13.9. The molecule has 5 heteroatoms. The van der Waals surface area contributed by atoms with E-state index in [0.717, 1.165) is 28.3 Å². The number of nitrogens with one attached hydrogen (secondary N) is 1. The van der Waals surface area contributed by atoms with Crippen LogP contribution < -0.4 is 4.74 Å². The predicted molar refractivity (Wildman–Crippen MR) is 75.6 cm³/mol. The van der Waals surface area contributed by atoms with Gasteiger partial charge in [-0.3, -0.25) is 0 Å². The Morgan fingerprint density at radius 1 is 1.00 bits per heavy atom. The summed E-state index contributed by atoms with van der Waals surface area (Å²) in [6, 6.07) is 9.67. The normalized spacial score (nSPS) is 10.5. The summed E-state index contributed by atoms with van der Waals surface area (Å²) in [5, 5.41) is 8.19. The summed E-state index contributed by atoms with van der Waals surface area (Å²) in [7, 11) is 0. The molecular formula is C15H14N4O. The SMILES string of the molecule is Cc1cc(C)cc(Oc2ccc(-c3cnc[nH]3)nn2)c1. The highest BCUT2D eigenvalue weighted by Gasteiger charge is 2.04. The van der Waals surface area contributed by atoms with E-state index < -0.39 is 0 Å². The van der Waals surface area contributed by atoms with Gasteiger partial charge in [0.1, 0.15) is 11.4 Å². The number of imidazole rings is 1. The molecule has 0 amide bonds. The summed E-state index contributed by atoms with van der Waals surface area (Å²) in [6.45, 7) is 4.07. The topological polar surface area (TPSA) is 63.7 Å². The van der Waals surface area contributed by atoms with Gasteiger partial charge in [0.2, 0.25) is 5.88 Å². The van der Waals surface area contributed by atoms with Gasteiger partial charge >= 0.3 is 0 Å². The molecule has 2 aromatic heterocycles. The van der Waals surface area contributed by atoms with Gasteiger partial charge in [-0.05, 0) is 43.2 Å². The molecule has 0 saturated carbocycles. The van der Waals surface area contributed by atoms with Crippen LogP contribution in [0.25, 0.3) is 11.4 Å². The molecule has 5 nitrogen and oxygen atoms in total. The van der Waals surface area contributed by atoms with Crippen LogP contribution in [-0.2, 0) is 0 Å². The molecule has 0 saturated heterocycles. The lowest BCUT2D eigenvalue weighted by atomic mass is 10.1. The molecule has 3 aromatic rings. The third-order valence-electron chi connectivity index (χ3n) is 2.83. The maximum absolute atomic E-state index is 5.71. The summed E-state index contributed by atoms with van der Waals surface area (Å²) < 4.78 is 5.71. The highest BCUT2D eigenvalue weighted by molar-refractivity contribution is 5.52. The van der Waals surface area contributed by atoms with Crippen molar-refractivity contribution in [2.24, 2.45) is 0 Å². The summed E-state index contributed by atoms with van der Waals surface area (Å²) in [5.41, 5.74) is 3.87. The molecule has 1 N–H and O–H groups in total. The van der Waals surface area contributed by atoms with Crippen LogP contribution in [0.4, 0.5) is 0 Å². The molecule has 0 radical (unpaired) electrons. The standard InChI is InChI=1S/C15H14N4O/c1-10-5-11(2)7-12(6-10)20-15-4-3-13(18-19-15)14-8-16-9-17-14/h3-9H,1-2H3,(H,16,17). The van der Waals surface area contributed by atoms with Crippen molar-refractivity contribution in [2.75, 3.05) is 0 Å². The Hall–Kier alpha value is -2.69. The number of aryl methyl sites for hydroxylation is 2. The Balaban J connectivity index is 1.81. The fourth-order valence-electron chi connectivity index (χ4n) is 2.03. The van der Waals surface area contributed by atoms with Crippen LogP contribution in [0.5, 0.6) is 11.6 Å². The van der Waals surface area contributed by atoms with Crippen molar-refractivity contribution >= 4 is 0 Å². The predicted octanol–water partition coefficient (Wildman–Crippen LogP) is 3.28. The first-order valence-corrected chi connectivity index (χ1v) is 6.29. The van der Waals surface area contributed by atoms with E-state index in [2.05, 4.69) is 26.2 Å². The fraction of sp³-hybridized carbons (Fsp3) is 0.133. The van der Waals surface area contributed by atoms with Crippen molar-refractivity contribution in [3.05, 3.63) is 54.0 Å².